The summed E-state index contributed by atoms with van der Waals surface area (Å²) in [6.07, 6.45) is 3.37. The number of nitrogens with zero attached hydrogens (tertiary/aromatic N) is 1. The van der Waals surface area contributed by atoms with Crippen molar-refractivity contribution in [2.24, 2.45) is 0 Å². The maximum absolute atomic E-state index is 5.94. The molecule has 2 aromatic rings. The summed E-state index contributed by atoms with van der Waals surface area (Å²) in [7, 11) is 0. The zero-order chi connectivity index (χ0) is 12.3. The smallest absolute Gasteiger partial charge is 0.134 e. The molecule has 1 heterocycles. The van der Waals surface area contributed by atoms with Crippen molar-refractivity contribution < 1.29 is 4.74 Å². The number of aryl methyl sites for hydroxylation is 1. The van der Waals surface area contributed by atoms with Gasteiger partial charge in [-0.1, -0.05) is 17.7 Å². The second kappa shape index (κ2) is 5.39. The average Bonchev–Trinajstić information content (AvgIpc) is 2.34. The van der Waals surface area contributed by atoms with Crippen LogP contribution in [0, 0.1) is 6.92 Å². The van der Waals surface area contributed by atoms with Crippen LogP contribution >= 0.6 is 23.2 Å². The van der Waals surface area contributed by atoms with Gasteiger partial charge in [0.1, 0.15) is 11.5 Å². The molecule has 0 saturated carbocycles. The Balaban J connectivity index is 2.34. The molecular weight excluding hydrogens is 257 g/mol. The number of rotatable bonds is 3. The molecule has 2 rings (SSSR count). The highest BCUT2D eigenvalue weighted by molar-refractivity contribution is 6.30. The summed E-state index contributed by atoms with van der Waals surface area (Å²) in [5.41, 5.74) is 1.88. The zero-order valence-electron chi connectivity index (χ0n) is 9.28. The maximum Gasteiger partial charge on any atom is 0.134 e. The quantitative estimate of drug-likeness (QED) is 0.760. The zero-order valence-corrected chi connectivity index (χ0v) is 10.8. The molecule has 0 spiro atoms. The fourth-order valence-corrected chi connectivity index (χ4v) is 1.78. The summed E-state index contributed by atoms with van der Waals surface area (Å²) in [6, 6.07) is 7.32. The number of alkyl halides is 1. The summed E-state index contributed by atoms with van der Waals surface area (Å²) >= 11 is 11.8. The molecule has 4 heteroatoms. The third-order valence-corrected chi connectivity index (χ3v) is 2.90. The van der Waals surface area contributed by atoms with Crippen LogP contribution < -0.4 is 4.74 Å². The fourth-order valence-electron chi connectivity index (χ4n) is 1.42. The third kappa shape index (κ3) is 2.90. The van der Waals surface area contributed by atoms with Crippen molar-refractivity contribution >= 4 is 23.2 Å². The van der Waals surface area contributed by atoms with Gasteiger partial charge in [-0.2, -0.15) is 0 Å². The van der Waals surface area contributed by atoms with Crippen molar-refractivity contribution in [2.75, 3.05) is 0 Å². The van der Waals surface area contributed by atoms with Crippen LogP contribution in [-0.2, 0) is 5.88 Å². The molecule has 0 unspecified atom stereocenters. The van der Waals surface area contributed by atoms with Gasteiger partial charge in [0.15, 0.2) is 0 Å². The number of benzene rings is 1. The minimum atomic E-state index is 0.364. The number of hydrogen-bond donors (Lipinski definition) is 0. The Morgan fingerprint density at radius 2 is 2.06 bits per heavy atom. The molecular formula is C13H11Cl2NO. The predicted molar refractivity (Wildman–Crippen MR) is 70.1 cm³/mol. The second-order valence-corrected chi connectivity index (χ2v) is 4.33. The summed E-state index contributed by atoms with van der Waals surface area (Å²) in [5.74, 6) is 1.80. The molecule has 0 atom stereocenters. The number of aromatic nitrogens is 1. The summed E-state index contributed by atoms with van der Waals surface area (Å²) < 4.78 is 5.80. The van der Waals surface area contributed by atoms with E-state index in [0.717, 1.165) is 16.9 Å². The lowest BCUT2D eigenvalue weighted by Gasteiger charge is -2.11. The van der Waals surface area contributed by atoms with Crippen molar-refractivity contribution in [2.45, 2.75) is 12.8 Å². The van der Waals surface area contributed by atoms with Crippen LogP contribution in [0.5, 0.6) is 11.5 Å². The third-order valence-electron chi connectivity index (χ3n) is 2.37. The SMILES string of the molecule is Cc1ccc(Cl)cc1Oc1ccncc1CCl. The Morgan fingerprint density at radius 3 is 2.82 bits per heavy atom. The molecule has 88 valence electrons. The summed E-state index contributed by atoms with van der Waals surface area (Å²) in [5, 5.41) is 0.645. The minimum absolute atomic E-state index is 0.364. The minimum Gasteiger partial charge on any atom is -0.457 e. The first kappa shape index (κ1) is 12.2. The van der Waals surface area contributed by atoms with E-state index in [1.165, 1.54) is 0 Å². The maximum atomic E-state index is 5.94. The van der Waals surface area contributed by atoms with Crippen LogP contribution in [0.1, 0.15) is 11.1 Å². The van der Waals surface area contributed by atoms with Crippen molar-refractivity contribution in [1.82, 2.24) is 4.98 Å². The van der Waals surface area contributed by atoms with Crippen LogP contribution in [0.25, 0.3) is 0 Å². The van der Waals surface area contributed by atoms with Crippen LogP contribution in [0.3, 0.4) is 0 Å². The lowest BCUT2D eigenvalue weighted by atomic mass is 10.2. The molecule has 0 radical (unpaired) electrons. The van der Waals surface area contributed by atoms with Crippen LogP contribution in [0.4, 0.5) is 0 Å². The average molecular weight is 268 g/mol. The second-order valence-electron chi connectivity index (χ2n) is 3.63. The number of pyridine rings is 1. The van der Waals surface area contributed by atoms with Crippen molar-refractivity contribution in [3.05, 3.63) is 52.8 Å². The van der Waals surface area contributed by atoms with Gasteiger partial charge in [-0.3, -0.25) is 4.98 Å². The molecule has 0 saturated heterocycles. The highest BCUT2D eigenvalue weighted by atomic mass is 35.5. The molecule has 0 fully saturated rings. The largest absolute Gasteiger partial charge is 0.457 e. The van der Waals surface area contributed by atoms with Gasteiger partial charge in [-0.05, 0) is 30.7 Å². The van der Waals surface area contributed by atoms with E-state index in [1.807, 2.05) is 19.1 Å². The fraction of sp³-hybridized carbons (Fsp3) is 0.154. The predicted octanol–water partition coefficient (Wildman–Crippen LogP) is 4.57. The van der Waals surface area contributed by atoms with Crippen LogP contribution in [0.2, 0.25) is 5.02 Å². The van der Waals surface area contributed by atoms with Crippen molar-refractivity contribution in [1.29, 1.82) is 0 Å². The molecule has 1 aromatic heterocycles. The van der Waals surface area contributed by atoms with Gasteiger partial charge in [0.2, 0.25) is 0 Å². The molecule has 1 aromatic carbocycles. The lowest BCUT2D eigenvalue weighted by molar-refractivity contribution is 0.474. The first-order chi connectivity index (χ1) is 8.20. The molecule has 0 aliphatic carbocycles. The van der Waals surface area contributed by atoms with E-state index in [-0.39, 0.29) is 0 Å². The van der Waals surface area contributed by atoms with Crippen molar-refractivity contribution in [3.63, 3.8) is 0 Å². The summed E-state index contributed by atoms with van der Waals surface area (Å²) in [6.45, 7) is 1.97. The van der Waals surface area contributed by atoms with E-state index < -0.39 is 0 Å². The van der Waals surface area contributed by atoms with E-state index in [2.05, 4.69) is 4.98 Å². The highest BCUT2D eigenvalue weighted by Gasteiger charge is 2.06. The number of halogens is 2. The molecule has 0 bridgehead atoms. The standard InChI is InChI=1S/C13H11Cl2NO/c1-9-2-3-11(15)6-13(9)17-12-4-5-16-8-10(12)7-14/h2-6,8H,7H2,1H3. The van der Waals surface area contributed by atoms with Gasteiger partial charge in [-0.15, -0.1) is 11.6 Å². The van der Waals surface area contributed by atoms with E-state index >= 15 is 0 Å². The topological polar surface area (TPSA) is 22.1 Å². The van der Waals surface area contributed by atoms with E-state index in [1.54, 1.807) is 24.5 Å². The van der Waals surface area contributed by atoms with Crippen LogP contribution in [-0.4, -0.2) is 4.98 Å². The van der Waals surface area contributed by atoms with Gasteiger partial charge in [0.05, 0.1) is 5.88 Å². The normalized spacial score (nSPS) is 10.3. The lowest BCUT2D eigenvalue weighted by Crippen LogP contribution is -1.92. The monoisotopic (exact) mass is 267 g/mol. The Morgan fingerprint density at radius 1 is 1.24 bits per heavy atom. The van der Waals surface area contributed by atoms with Gasteiger partial charge in [0.25, 0.3) is 0 Å². The van der Waals surface area contributed by atoms with Gasteiger partial charge >= 0.3 is 0 Å². The number of ether oxygens (including phenoxy) is 1. The van der Waals surface area contributed by atoms with Gasteiger partial charge in [-0.25, -0.2) is 0 Å². The van der Waals surface area contributed by atoms with Gasteiger partial charge in [0, 0.05) is 23.0 Å². The van der Waals surface area contributed by atoms with Crippen molar-refractivity contribution in [3.8, 4) is 11.5 Å². The van der Waals surface area contributed by atoms with E-state index in [9.17, 15) is 0 Å². The molecule has 0 amide bonds. The Hall–Kier alpha value is -1.25. The molecule has 0 N–H and O–H groups in total. The van der Waals surface area contributed by atoms with Crippen LogP contribution in [0.15, 0.2) is 36.7 Å². The Labute approximate surface area is 110 Å². The summed E-state index contributed by atoms with van der Waals surface area (Å²) in [4.78, 5) is 4.01. The molecule has 0 aliphatic rings. The van der Waals surface area contributed by atoms with Gasteiger partial charge < -0.3 is 4.74 Å². The molecule has 2 nitrogen and oxygen atoms in total. The molecule has 17 heavy (non-hydrogen) atoms. The molecule has 0 aliphatic heterocycles. The Kier molecular flexibility index (Phi) is 3.87. The first-order valence-corrected chi connectivity index (χ1v) is 6.05. The van der Waals surface area contributed by atoms with E-state index in [0.29, 0.717) is 16.7 Å². The highest BCUT2D eigenvalue weighted by Crippen LogP contribution is 2.30. The number of hydrogen-bond acceptors (Lipinski definition) is 2. The Bertz CT molecular complexity index is 529. The first-order valence-electron chi connectivity index (χ1n) is 5.13. The van der Waals surface area contributed by atoms with E-state index in [4.69, 9.17) is 27.9 Å².